The Morgan fingerprint density at radius 1 is 0.897 bits per heavy atom. The number of aromatic nitrogens is 4. The number of nitrogens with zero attached hydrogens (tertiary/aromatic N) is 5. The van der Waals surface area contributed by atoms with Crippen molar-refractivity contribution in [3.63, 3.8) is 0 Å². The minimum atomic E-state index is -0.429. The Kier molecular flexibility index (Phi) is 6.71. The molecule has 3 heterocycles. The molecule has 9 heteroatoms. The van der Waals surface area contributed by atoms with E-state index in [0.717, 1.165) is 35.5 Å². The number of hydrogen-bond donors (Lipinski definition) is 1. The van der Waals surface area contributed by atoms with E-state index in [0.29, 0.717) is 40.1 Å². The molecule has 3 aromatic carbocycles. The summed E-state index contributed by atoms with van der Waals surface area (Å²) in [5.74, 6) is 1.39. The zero-order valence-corrected chi connectivity index (χ0v) is 22.8. The van der Waals surface area contributed by atoms with Crippen LogP contribution in [0.15, 0.2) is 85.2 Å². The van der Waals surface area contributed by atoms with Gasteiger partial charge >= 0.3 is 0 Å². The number of fused-ring (bicyclic) bond motifs is 1. The van der Waals surface area contributed by atoms with Crippen molar-refractivity contribution in [3.8, 4) is 17.1 Å². The van der Waals surface area contributed by atoms with E-state index in [9.17, 15) is 4.79 Å². The Hall–Kier alpha value is -3.94. The maximum atomic E-state index is 12.2. The highest BCUT2D eigenvalue weighted by molar-refractivity contribution is 6.33. The molecule has 6 rings (SSSR count). The fraction of sp³-hybridized carbons (Fsp3) is 0.200. The number of carbonyl (C=O) groups excluding carboxylic acids is 1. The summed E-state index contributed by atoms with van der Waals surface area (Å²) in [6.07, 6.45) is 3.05. The molecule has 0 unspecified atom stereocenters. The monoisotopic (exact) mass is 556 g/mol. The van der Waals surface area contributed by atoms with Gasteiger partial charge in [-0.05, 0) is 54.8 Å². The molecule has 196 valence electrons. The standard InChI is InChI=1S/C30H26Cl2N6O/c1-20(39)36-30(21-7-3-2-4-8-21)15-17-37(18-16-30)28-26-29(34-19-33-28)38(23-13-11-22(31)12-14-23)27(35-26)24-9-5-6-10-25(24)32/h2-14,19H,15-18H2,1H3,(H,36,39). The molecule has 0 bridgehead atoms. The third-order valence-corrected chi connectivity index (χ3v) is 7.86. The average molecular weight is 557 g/mol. The summed E-state index contributed by atoms with van der Waals surface area (Å²) in [4.78, 5) is 28.8. The van der Waals surface area contributed by atoms with Crippen LogP contribution in [0.1, 0.15) is 25.3 Å². The van der Waals surface area contributed by atoms with Crippen molar-refractivity contribution in [2.24, 2.45) is 0 Å². The second-order valence-electron chi connectivity index (χ2n) is 9.71. The minimum absolute atomic E-state index is 0.0391. The van der Waals surface area contributed by atoms with Crippen LogP contribution in [0.4, 0.5) is 5.82 Å². The number of carbonyl (C=O) groups is 1. The fourth-order valence-electron chi connectivity index (χ4n) is 5.45. The summed E-state index contributed by atoms with van der Waals surface area (Å²) in [7, 11) is 0. The van der Waals surface area contributed by atoms with Crippen molar-refractivity contribution in [2.45, 2.75) is 25.3 Å². The number of imidazole rings is 1. The van der Waals surface area contributed by atoms with Crippen LogP contribution in [0, 0.1) is 0 Å². The molecule has 0 spiro atoms. The zero-order valence-electron chi connectivity index (χ0n) is 21.3. The minimum Gasteiger partial charge on any atom is -0.354 e. The first-order valence-corrected chi connectivity index (χ1v) is 13.5. The molecule has 1 amide bonds. The summed E-state index contributed by atoms with van der Waals surface area (Å²) in [5, 5.41) is 4.49. The molecule has 1 aliphatic rings. The number of nitrogens with one attached hydrogen (secondary N) is 1. The number of benzene rings is 3. The van der Waals surface area contributed by atoms with Gasteiger partial charge in [0.05, 0.1) is 10.6 Å². The van der Waals surface area contributed by atoms with Crippen molar-refractivity contribution >= 4 is 46.1 Å². The number of piperidine rings is 1. The molecule has 0 aliphatic carbocycles. The van der Waals surface area contributed by atoms with Gasteiger partial charge in [0.2, 0.25) is 5.91 Å². The van der Waals surface area contributed by atoms with Gasteiger partial charge in [0.25, 0.3) is 0 Å². The molecule has 1 N–H and O–H groups in total. The van der Waals surface area contributed by atoms with Gasteiger partial charge in [-0.15, -0.1) is 0 Å². The van der Waals surface area contributed by atoms with Gasteiger partial charge in [0.1, 0.15) is 12.2 Å². The molecule has 5 aromatic rings. The molecule has 0 atom stereocenters. The molecule has 7 nitrogen and oxygen atoms in total. The summed E-state index contributed by atoms with van der Waals surface area (Å²) in [5.41, 5.74) is 3.72. The van der Waals surface area contributed by atoms with Gasteiger partial charge < -0.3 is 10.2 Å². The fourth-order valence-corrected chi connectivity index (χ4v) is 5.80. The van der Waals surface area contributed by atoms with Crippen LogP contribution >= 0.6 is 23.2 Å². The van der Waals surface area contributed by atoms with Crippen LogP contribution < -0.4 is 10.2 Å². The summed E-state index contributed by atoms with van der Waals surface area (Å²) < 4.78 is 1.99. The van der Waals surface area contributed by atoms with E-state index in [-0.39, 0.29) is 5.91 Å². The van der Waals surface area contributed by atoms with E-state index in [1.807, 2.05) is 71.3 Å². The Labute approximate surface area is 236 Å². The van der Waals surface area contributed by atoms with Crippen molar-refractivity contribution in [1.29, 1.82) is 0 Å². The van der Waals surface area contributed by atoms with E-state index in [1.54, 1.807) is 13.3 Å². The quantitative estimate of drug-likeness (QED) is 0.270. The SMILES string of the molecule is CC(=O)NC1(c2ccccc2)CCN(c2ncnc3c2nc(-c2ccccc2Cl)n3-c2ccc(Cl)cc2)CC1. The third kappa shape index (κ3) is 4.73. The number of hydrogen-bond acceptors (Lipinski definition) is 5. The highest BCUT2D eigenvalue weighted by Crippen LogP contribution is 2.38. The Morgan fingerprint density at radius 3 is 2.28 bits per heavy atom. The van der Waals surface area contributed by atoms with E-state index in [2.05, 4.69) is 32.3 Å². The summed E-state index contributed by atoms with van der Waals surface area (Å²) in [6.45, 7) is 2.96. The Morgan fingerprint density at radius 2 is 1.59 bits per heavy atom. The van der Waals surface area contributed by atoms with E-state index in [1.165, 1.54) is 0 Å². The topological polar surface area (TPSA) is 75.9 Å². The maximum absolute atomic E-state index is 12.2. The van der Waals surface area contributed by atoms with Crippen LogP contribution in [0.3, 0.4) is 0 Å². The van der Waals surface area contributed by atoms with Gasteiger partial charge in [-0.3, -0.25) is 9.36 Å². The van der Waals surface area contributed by atoms with Crippen molar-refractivity contribution in [1.82, 2.24) is 24.8 Å². The van der Waals surface area contributed by atoms with Gasteiger partial charge in [0, 0.05) is 36.3 Å². The second-order valence-corrected chi connectivity index (χ2v) is 10.6. The number of anilines is 1. The predicted octanol–water partition coefficient (Wildman–Crippen LogP) is 6.42. The largest absolute Gasteiger partial charge is 0.354 e. The first-order chi connectivity index (χ1) is 18.9. The van der Waals surface area contributed by atoms with Crippen molar-refractivity contribution in [2.75, 3.05) is 18.0 Å². The highest BCUT2D eigenvalue weighted by atomic mass is 35.5. The molecule has 1 aliphatic heterocycles. The van der Waals surface area contributed by atoms with Gasteiger partial charge in [-0.1, -0.05) is 65.7 Å². The Balaban J connectivity index is 1.44. The number of halogens is 2. The molecule has 1 saturated heterocycles. The predicted molar refractivity (Wildman–Crippen MR) is 155 cm³/mol. The average Bonchev–Trinajstić information content (AvgIpc) is 3.34. The Bertz CT molecular complexity index is 1640. The van der Waals surface area contributed by atoms with Crippen molar-refractivity contribution < 1.29 is 4.79 Å². The van der Waals surface area contributed by atoms with E-state index < -0.39 is 5.54 Å². The molecule has 2 aromatic heterocycles. The zero-order chi connectivity index (χ0) is 27.0. The van der Waals surface area contributed by atoms with Crippen LogP contribution in [0.2, 0.25) is 10.0 Å². The maximum Gasteiger partial charge on any atom is 0.217 e. The van der Waals surface area contributed by atoms with E-state index in [4.69, 9.17) is 28.2 Å². The van der Waals surface area contributed by atoms with Crippen LogP contribution in [-0.2, 0) is 10.3 Å². The molecular formula is C30H26Cl2N6O. The normalized spacial score (nSPS) is 14.9. The molecule has 1 fully saturated rings. The van der Waals surface area contributed by atoms with Crippen LogP contribution in [0.25, 0.3) is 28.2 Å². The molecular weight excluding hydrogens is 531 g/mol. The van der Waals surface area contributed by atoms with Gasteiger partial charge in [0.15, 0.2) is 17.0 Å². The smallest absolute Gasteiger partial charge is 0.217 e. The second kappa shape index (κ2) is 10.3. The van der Waals surface area contributed by atoms with Gasteiger partial charge in [-0.25, -0.2) is 15.0 Å². The lowest BCUT2D eigenvalue weighted by Crippen LogP contribution is -2.52. The molecule has 39 heavy (non-hydrogen) atoms. The highest BCUT2D eigenvalue weighted by Gasteiger charge is 2.38. The number of amides is 1. The third-order valence-electron chi connectivity index (χ3n) is 7.28. The van der Waals surface area contributed by atoms with Crippen LogP contribution in [-0.4, -0.2) is 38.5 Å². The van der Waals surface area contributed by atoms with Crippen molar-refractivity contribution in [3.05, 3.63) is 101 Å². The van der Waals surface area contributed by atoms with E-state index >= 15 is 0 Å². The summed E-state index contributed by atoms with van der Waals surface area (Å²) in [6, 6.07) is 25.4. The first kappa shape index (κ1) is 25.3. The summed E-state index contributed by atoms with van der Waals surface area (Å²) >= 11 is 12.8. The van der Waals surface area contributed by atoms with Crippen LogP contribution in [0.5, 0.6) is 0 Å². The first-order valence-electron chi connectivity index (χ1n) is 12.8. The molecule has 0 radical (unpaired) electrons. The number of rotatable bonds is 5. The lowest BCUT2D eigenvalue weighted by molar-refractivity contribution is -0.121. The molecule has 0 saturated carbocycles. The van der Waals surface area contributed by atoms with Gasteiger partial charge in [-0.2, -0.15) is 0 Å². The lowest BCUT2D eigenvalue weighted by atomic mass is 9.80. The lowest BCUT2D eigenvalue weighted by Gasteiger charge is -2.43.